The molecule has 27 heavy (non-hydrogen) atoms. The van der Waals surface area contributed by atoms with E-state index in [-0.39, 0.29) is 18.2 Å². The number of amides is 2. The number of carbonyl (C=O) groups is 2. The quantitative estimate of drug-likeness (QED) is 0.698. The third-order valence-corrected chi connectivity index (χ3v) is 5.41. The van der Waals surface area contributed by atoms with Gasteiger partial charge in [-0.15, -0.1) is 16.9 Å². The van der Waals surface area contributed by atoms with Crippen molar-refractivity contribution in [2.24, 2.45) is 0 Å². The van der Waals surface area contributed by atoms with Gasteiger partial charge in [-0.05, 0) is 52.9 Å². The molecular weight excluding hydrogens is 388 g/mol. The van der Waals surface area contributed by atoms with Crippen molar-refractivity contribution in [3.8, 4) is 5.69 Å². The number of fused-ring (bicyclic) bond motifs is 1. The molecule has 0 bridgehead atoms. The van der Waals surface area contributed by atoms with Crippen LogP contribution in [-0.4, -0.2) is 37.3 Å². The topological polar surface area (TPSA) is 102 Å². The van der Waals surface area contributed by atoms with Gasteiger partial charge < -0.3 is 10.6 Å². The summed E-state index contributed by atoms with van der Waals surface area (Å²) in [6, 6.07) is 12.4. The standard InChI is InChI=1S/C17H13ClN6O2S/c18-10-1-6-14-13(7-10)21-17(26)15(27-14)8-16(25)20-11-2-4-12(5-3-11)24-9-19-22-23-24/h1-7,9,15H,8H2,(H,20,25)(H,21,26). The Morgan fingerprint density at radius 3 is 2.81 bits per heavy atom. The zero-order valence-corrected chi connectivity index (χ0v) is 15.4. The van der Waals surface area contributed by atoms with Crippen LogP contribution in [0.1, 0.15) is 6.42 Å². The minimum absolute atomic E-state index is 0.0628. The first-order chi connectivity index (χ1) is 13.1. The molecule has 2 N–H and O–H groups in total. The van der Waals surface area contributed by atoms with Gasteiger partial charge in [-0.2, -0.15) is 0 Å². The molecule has 1 aliphatic heterocycles. The molecule has 0 spiro atoms. The van der Waals surface area contributed by atoms with Crippen LogP contribution in [0.3, 0.4) is 0 Å². The molecular formula is C17H13ClN6O2S. The van der Waals surface area contributed by atoms with E-state index in [1.165, 1.54) is 22.8 Å². The molecule has 0 radical (unpaired) electrons. The summed E-state index contributed by atoms with van der Waals surface area (Å²) in [6.07, 6.45) is 1.55. The van der Waals surface area contributed by atoms with Crippen LogP contribution >= 0.6 is 23.4 Å². The van der Waals surface area contributed by atoms with Crippen LogP contribution in [0.2, 0.25) is 5.02 Å². The van der Waals surface area contributed by atoms with E-state index in [4.69, 9.17) is 11.6 Å². The molecule has 2 aromatic carbocycles. The van der Waals surface area contributed by atoms with Crippen molar-refractivity contribution in [2.75, 3.05) is 10.6 Å². The molecule has 10 heteroatoms. The number of halogens is 1. The molecule has 0 saturated heterocycles. The molecule has 8 nitrogen and oxygen atoms in total. The first-order valence-electron chi connectivity index (χ1n) is 7.99. The summed E-state index contributed by atoms with van der Waals surface area (Å²) in [5.41, 5.74) is 2.08. The predicted molar refractivity (Wildman–Crippen MR) is 102 cm³/mol. The summed E-state index contributed by atoms with van der Waals surface area (Å²) in [5, 5.41) is 16.6. The number of nitrogens with one attached hydrogen (secondary N) is 2. The number of rotatable bonds is 4. The Morgan fingerprint density at radius 1 is 1.26 bits per heavy atom. The smallest absolute Gasteiger partial charge is 0.238 e. The largest absolute Gasteiger partial charge is 0.326 e. The zero-order chi connectivity index (χ0) is 18.8. The summed E-state index contributed by atoms with van der Waals surface area (Å²) in [4.78, 5) is 25.5. The van der Waals surface area contributed by atoms with Crippen molar-refractivity contribution >= 4 is 46.6 Å². The molecule has 0 fully saturated rings. The second-order valence-electron chi connectivity index (χ2n) is 5.79. The van der Waals surface area contributed by atoms with Gasteiger partial charge in [0.15, 0.2) is 0 Å². The third kappa shape index (κ3) is 3.93. The van der Waals surface area contributed by atoms with Crippen LogP contribution in [-0.2, 0) is 9.59 Å². The maximum Gasteiger partial charge on any atom is 0.238 e. The van der Waals surface area contributed by atoms with E-state index in [2.05, 4.69) is 26.2 Å². The highest BCUT2D eigenvalue weighted by Crippen LogP contribution is 2.38. The molecule has 2 heterocycles. The predicted octanol–water partition coefficient (Wildman–Crippen LogP) is 2.76. The Labute approximate surface area is 163 Å². The van der Waals surface area contributed by atoms with Crippen molar-refractivity contribution in [2.45, 2.75) is 16.6 Å². The third-order valence-electron chi connectivity index (χ3n) is 3.90. The van der Waals surface area contributed by atoms with Crippen LogP contribution in [0, 0.1) is 0 Å². The highest BCUT2D eigenvalue weighted by Gasteiger charge is 2.29. The summed E-state index contributed by atoms with van der Waals surface area (Å²) < 4.78 is 1.51. The summed E-state index contributed by atoms with van der Waals surface area (Å²) >= 11 is 7.30. The normalized spacial score (nSPS) is 15.7. The Bertz CT molecular complexity index is 993. The van der Waals surface area contributed by atoms with Crippen molar-refractivity contribution in [3.63, 3.8) is 0 Å². The van der Waals surface area contributed by atoms with E-state index >= 15 is 0 Å². The van der Waals surface area contributed by atoms with Crippen molar-refractivity contribution in [1.82, 2.24) is 20.2 Å². The van der Waals surface area contributed by atoms with E-state index in [9.17, 15) is 9.59 Å². The van der Waals surface area contributed by atoms with Gasteiger partial charge in [0.2, 0.25) is 11.8 Å². The van der Waals surface area contributed by atoms with Crippen LogP contribution in [0.4, 0.5) is 11.4 Å². The fourth-order valence-electron chi connectivity index (χ4n) is 2.61. The Balaban J connectivity index is 1.39. The van der Waals surface area contributed by atoms with Gasteiger partial charge in [0.25, 0.3) is 0 Å². The van der Waals surface area contributed by atoms with Gasteiger partial charge in [-0.3, -0.25) is 9.59 Å². The molecule has 1 aliphatic rings. The van der Waals surface area contributed by atoms with E-state index in [1.807, 2.05) is 6.07 Å². The van der Waals surface area contributed by atoms with Gasteiger partial charge in [-0.25, -0.2) is 4.68 Å². The monoisotopic (exact) mass is 400 g/mol. The second kappa shape index (κ2) is 7.37. The fourth-order valence-corrected chi connectivity index (χ4v) is 3.88. The average Bonchev–Trinajstić information content (AvgIpc) is 3.18. The molecule has 0 saturated carbocycles. The summed E-state index contributed by atoms with van der Waals surface area (Å²) in [5.74, 6) is -0.450. The number of hydrogen-bond donors (Lipinski definition) is 2. The number of benzene rings is 2. The summed E-state index contributed by atoms with van der Waals surface area (Å²) in [6.45, 7) is 0. The Morgan fingerprint density at radius 2 is 2.07 bits per heavy atom. The van der Waals surface area contributed by atoms with Gasteiger partial charge in [0.05, 0.1) is 16.6 Å². The van der Waals surface area contributed by atoms with Crippen LogP contribution in [0.5, 0.6) is 0 Å². The van der Waals surface area contributed by atoms with Crippen LogP contribution in [0.25, 0.3) is 5.69 Å². The number of thioether (sulfide) groups is 1. The molecule has 1 atom stereocenters. The second-order valence-corrected chi connectivity index (χ2v) is 7.47. The van der Waals surface area contributed by atoms with E-state index in [0.717, 1.165) is 10.6 Å². The zero-order valence-electron chi connectivity index (χ0n) is 13.8. The van der Waals surface area contributed by atoms with Gasteiger partial charge in [-0.1, -0.05) is 11.6 Å². The van der Waals surface area contributed by atoms with Crippen molar-refractivity contribution < 1.29 is 9.59 Å². The Hall–Kier alpha value is -2.91. The first kappa shape index (κ1) is 17.5. The SMILES string of the molecule is O=C(CC1Sc2ccc(Cl)cc2NC1=O)Nc1ccc(-n2cnnn2)cc1. The van der Waals surface area contributed by atoms with Gasteiger partial charge >= 0.3 is 0 Å². The molecule has 136 valence electrons. The maximum absolute atomic E-state index is 12.3. The number of aromatic nitrogens is 4. The Kier molecular flexibility index (Phi) is 4.78. The highest BCUT2D eigenvalue weighted by atomic mass is 35.5. The highest BCUT2D eigenvalue weighted by molar-refractivity contribution is 8.01. The lowest BCUT2D eigenvalue weighted by molar-refractivity contribution is -0.120. The number of carbonyl (C=O) groups excluding carboxylic acids is 2. The van der Waals surface area contributed by atoms with Crippen molar-refractivity contribution in [1.29, 1.82) is 0 Å². The van der Waals surface area contributed by atoms with Crippen LogP contribution in [0.15, 0.2) is 53.7 Å². The molecule has 3 aromatic rings. The molecule has 4 rings (SSSR count). The van der Waals surface area contributed by atoms with Crippen LogP contribution < -0.4 is 10.6 Å². The minimum Gasteiger partial charge on any atom is -0.326 e. The molecule has 2 amide bonds. The maximum atomic E-state index is 12.3. The van der Waals surface area contributed by atoms with Gasteiger partial charge in [0, 0.05) is 22.0 Å². The molecule has 1 unspecified atom stereocenters. The summed E-state index contributed by atoms with van der Waals surface area (Å²) in [7, 11) is 0. The van der Waals surface area contributed by atoms with Crippen molar-refractivity contribution in [3.05, 3.63) is 53.8 Å². The van der Waals surface area contributed by atoms with E-state index in [1.54, 1.807) is 36.4 Å². The van der Waals surface area contributed by atoms with E-state index < -0.39 is 5.25 Å². The number of hydrogen-bond acceptors (Lipinski definition) is 6. The molecule has 1 aromatic heterocycles. The molecule has 0 aliphatic carbocycles. The average molecular weight is 401 g/mol. The van der Waals surface area contributed by atoms with E-state index in [0.29, 0.717) is 16.4 Å². The first-order valence-corrected chi connectivity index (χ1v) is 9.24. The minimum atomic E-state index is -0.501. The van der Waals surface area contributed by atoms with Gasteiger partial charge in [0.1, 0.15) is 6.33 Å². The number of tetrazole rings is 1. The number of nitrogens with zero attached hydrogens (tertiary/aromatic N) is 4. The number of anilines is 2. The lowest BCUT2D eigenvalue weighted by Crippen LogP contribution is -2.32. The fraction of sp³-hybridized carbons (Fsp3) is 0.118. The lowest BCUT2D eigenvalue weighted by atomic mass is 10.2. The lowest BCUT2D eigenvalue weighted by Gasteiger charge is -2.23.